The number of benzene rings is 2. The molecule has 2 rings (SSSR count). The lowest BCUT2D eigenvalue weighted by molar-refractivity contribution is 0.793. The zero-order valence-electron chi connectivity index (χ0n) is 12.8. The Balaban J connectivity index is 2.01. The minimum atomic E-state index is 0.226. The summed E-state index contributed by atoms with van der Waals surface area (Å²) in [4.78, 5) is 0. The van der Waals surface area contributed by atoms with Gasteiger partial charge in [0.05, 0.1) is 0 Å². The van der Waals surface area contributed by atoms with Gasteiger partial charge in [-0.05, 0) is 41.5 Å². The molecule has 0 spiro atoms. The molecule has 2 atom stereocenters. The molecule has 0 heterocycles. The van der Waals surface area contributed by atoms with Gasteiger partial charge < -0.3 is 0 Å². The molecule has 0 radical (unpaired) electrons. The quantitative estimate of drug-likeness (QED) is 0.614. The highest BCUT2D eigenvalue weighted by atomic mass is 32.1. The van der Waals surface area contributed by atoms with Crippen LogP contribution in [0.4, 0.5) is 0 Å². The number of hydrogen-bond acceptors (Lipinski definition) is 2. The summed E-state index contributed by atoms with van der Waals surface area (Å²) in [6.45, 7) is 4.35. The largest absolute Gasteiger partial charge is 0.171 e. The second kappa shape index (κ2) is 7.95. The van der Waals surface area contributed by atoms with E-state index in [0.29, 0.717) is 0 Å². The molecule has 112 valence electrons. The SMILES string of the molecule is CCc1ccc(C(S)CC(S)c2ccc(CC)cc2)cc1. The van der Waals surface area contributed by atoms with Crippen molar-refractivity contribution in [1.29, 1.82) is 0 Å². The highest BCUT2D eigenvalue weighted by Crippen LogP contribution is 2.34. The first kappa shape index (κ1) is 16.5. The summed E-state index contributed by atoms with van der Waals surface area (Å²) in [5.41, 5.74) is 5.30. The average molecular weight is 317 g/mol. The predicted octanol–water partition coefficient (Wildman–Crippen LogP) is 5.84. The molecule has 0 aliphatic carbocycles. The molecule has 0 saturated heterocycles. The topological polar surface area (TPSA) is 0 Å². The Kier molecular flexibility index (Phi) is 6.25. The summed E-state index contributed by atoms with van der Waals surface area (Å²) in [6, 6.07) is 17.6. The maximum atomic E-state index is 4.76. The van der Waals surface area contributed by atoms with Gasteiger partial charge in [-0.1, -0.05) is 62.4 Å². The van der Waals surface area contributed by atoms with E-state index in [0.717, 1.165) is 19.3 Å². The molecule has 2 unspecified atom stereocenters. The number of aryl methyl sites for hydroxylation is 2. The summed E-state index contributed by atoms with van der Waals surface area (Å²) in [6.07, 6.45) is 3.09. The maximum Gasteiger partial charge on any atom is 0.0280 e. The zero-order valence-corrected chi connectivity index (χ0v) is 14.6. The van der Waals surface area contributed by atoms with Gasteiger partial charge in [0.25, 0.3) is 0 Å². The highest BCUT2D eigenvalue weighted by Gasteiger charge is 2.14. The van der Waals surface area contributed by atoms with Gasteiger partial charge in [-0.25, -0.2) is 0 Å². The Hall–Kier alpha value is -0.860. The molecule has 0 aliphatic heterocycles. The molecular formula is C19H24S2. The lowest BCUT2D eigenvalue weighted by atomic mass is 10.0. The van der Waals surface area contributed by atoms with Crippen molar-refractivity contribution in [2.75, 3.05) is 0 Å². The molecular weight excluding hydrogens is 292 g/mol. The summed E-state index contributed by atoms with van der Waals surface area (Å²) >= 11 is 9.53. The van der Waals surface area contributed by atoms with Crippen molar-refractivity contribution in [3.8, 4) is 0 Å². The Labute approximate surface area is 139 Å². The maximum absolute atomic E-state index is 4.76. The molecule has 0 N–H and O–H groups in total. The average Bonchev–Trinajstić information content (AvgIpc) is 2.55. The normalized spacial score (nSPS) is 13.9. The standard InChI is InChI=1S/C19H24S2/c1-3-14-5-9-16(10-6-14)18(20)13-19(21)17-11-7-15(4-2)8-12-17/h5-12,18-21H,3-4,13H2,1-2H3. The molecule has 21 heavy (non-hydrogen) atoms. The number of hydrogen-bond donors (Lipinski definition) is 2. The van der Waals surface area contributed by atoms with E-state index >= 15 is 0 Å². The monoisotopic (exact) mass is 316 g/mol. The van der Waals surface area contributed by atoms with E-state index in [9.17, 15) is 0 Å². The van der Waals surface area contributed by atoms with Crippen LogP contribution in [0.3, 0.4) is 0 Å². The van der Waals surface area contributed by atoms with Crippen LogP contribution < -0.4 is 0 Å². The molecule has 0 amide bonds. The van der Waals surface area contributed by atoms with Crippen LogP contribution in [0, 0.1) is 0 Å². The Morgan fingerprint density at radius 3 is 1.29 bits per heavy atom. The van der Waals surface area contributed by atoms with Gasteiger partial charge in [0.2, 0.25) is 0 Å². The van der Waals surface area contributed by atoms with Crippen LogP contribution >= 0.6 is 25.3 Å². The van der Waals surface area contributed by atoms with E-state index < -0.39 is 0 Å². The van der Waals surface area contributed by atoms with Crippen molar-refractivity contribution in [1.82, 2.24) is 0 Å². The van der Waals surface area contributed by atoms with Gasteiger partial charge in [-0.2, -0.15) is 25.3 Å². The number of rotatable bonds is 6. The fourth-order valence-corrected chi connectivity index (χ4v) is 3.37. The van der Waals surface area contributed by atoms with E-state index in [1.807, 2.05) is 0 Å². The lowest BCUT2D eigenvalue weighted by Crippen LogP contribution is -1.98. The van der Waals surface area contributed by atoms with Crippen molar-refractivity contribution >= 4 is 25.3 Å². The van der Waals surface area contributed by atoms with E-state index in [4.69, 9.17) is 25.3 Å². The van der Waals surface area contributed by atoms with E-state index in [2.05, 4.69) is 62.4 Å². The lowest BCUT2D eigenvalue weighted by Gasteiger charge is -2.17. The molecule has 0 aliphatic rings. The van der Waals surface area contributed by atoms with E-state index in [1.165, 1.54) is 22.3 Å². The Morgan fingerprint density at radius 1 is 0.667 bits per heavy atom. The van der Waals surface area contributed by atoms with Gasteiger partial charge in [0, 0.05) is 10.5 Å². The van der Waals surface area contributed by atoms with Gasteiger partial charge in [0.15, 0.2) is 0 Å². The fourth-order valence-electron chi connectivity index (χ4n) is 2.43. The molecule has 0 fully saturated rings. The summed E-state index contributed by atoms with van der Waals surface area (Å²) in [5.74, 6) is 0. The molecule has 2 aromatic rings. The van der Waals surface area contributed by atoms with Crippen LogP contribution in [-0.4, -0.2) is 0 Å². The summed E-state index contributed by atoms with van der Waals surface area (Å²) in [7, 11) is 0. The van der Waals surface area contributed by atoms with Gasteiger partial charge in [0.1, 0.15) is 0 Å². The summed E-state index contributed by atoms with van der Waals surface area (Å²) < 4.78 is 0. The van der Waals surface area contributed by atoms with E-state index in [-0.39, 0.29) is 10.5 Å². The van der Waals surface area contributed by atoms with Crippen LogP contribution in [0.25, 0.3) is 0 Å². The highest BCUT2D eigenvalue weighted by molar-refractivity contribution is 7.81. The molecule has 2 heteroatoms. The second-order valence-electron chi connectivity index (χ2n) is 5.46. The zero-order chi connectivity index (χ0) is 15.2. The van der Waals surface area contributed by atoms with Crippen LogP contribution in [0.15, 0.2) is 48.5 Å². The van der Waals surface area contributed by atoms with Crippen molar-refractivity contribution in [2.45, 2.75) is 43.6 Å². The third-order valence-corrected chi connectivity index (χ3v) is 5.01. The van der Waals surface area contributed by atoms with Gasteiger partial charge in [-0.3, -0.25) is 0 Å². The molecule has 2 aromatic carbocycles. The third kappa shape index (κ3) is 4.55. The molecule has 0 nitrogen and oxygen atoms in total. The Morgan fingerprint density at radius 2 is 1.00 bits per heavy atom. The predicted molar refractivity (Wildman–Crippen MR) is 99.7 cm³/mol. The van der Waals surface area contributed by atoms with Crippen molar-refractivity contribution in [3.63, 3.8) is 0 Å². The molecule has 0 bridgehead atoms. The first-order chi connectivity index (χ1) is 10.1. The van der Waals surface area contributed by atoms with Crippen LogP contribution in [-0.2, 0) is 12.8 Å². The Bertz CT molecular complexity index is 491. The minimum Gasteiger partial charge on any atom is -0.171 e. The van der Waals surface area contributed by atoms with Crippen molar-refractivity contribution < 1.29 is 0 Å². The summed E-state index contributed by atoms with van der Waals surface area (Å²) in [5, 5.41) is 0.452. The smallest absolute Gasteiger partial charge is 0.0280 e. The molecule has 0 aromatic heterocycles. The van der Waals surface area contributed by atoms with Crippen molar-refractivity contribution in [3.05, 3.63) is 70.8 Å². The van der Waals surface area contributed by atoms with Gasteiger partial charge >= 0.3 is 0 Å². The second-order valence-corrected chi connectivity index (χ2v) is 6.70. The van der Waals surface area contributed by atoms with Crippen LogP contribution in [0.1, 0.15) is 53.0 Å². The molecule has 0 saturated carbocycles. The van der Waals surface area contributed by atoms with E-state index in [1.54, 1.807) is 0 Å². The first-order valence-electron chi connectivity index (χ1n) is 7.67. The van der Waals surface area contributed by atoms with Crippen LogP contribution in [0.2, 0.25) is 0 Å². The minimum absolute atomic E-state index is 0.226. The fraction of sp³-hybridized carbons (Fsp3) is 0.368. The third-order valence-electron chi connectivity index (χ3n) is 3.99. The van der Waals surface area contributed by atoms with Crippen molar-refractivity contribution in [2.24, 2.45) is 0 Å². The number of thiol groups is 2. The van der Waals surface area contributed by atoms with Crippen LogP contribution in [0.5, 0.6) is 0 Å². The van der Waals surface area contributed by atoms with Gasteiger partial charge in [-0.15, -0.1) is 0 Å². The first-order valence-corrected chi connectivity index (χ1v) is 8.71.